The van der Waals surface area contributed by atoms with E-state index >= 15 is 0 Å². The van der Waals surface area contributed by atoms with Gasteiger partial charge >= 0.3 is 6.18 Å². The van der Waals surface area contributed by atoms with Gasteiger partial charge in [-0.15, -0.1) is 0 Å². The molecule has 0 unspecified atom stereocenters. The normalized spacial score (nSPS) is 18.9. The van der Waals surface area contributed by atoms with E-state index in [0.717, 1.165) is 6.20 Å². The van der Waals surface area contributed by atoms with Crippen molar-refractivity contribution in [2.45, 2.75) is 58.8 Å². The van der Waals surface area contributed by atoms with Gasteiger partial charge in [0, 0.05) is 69.8 Å². The molecular formula is C30H43F3N8O3. The Morgan fingerprint density at radius 3 is 2.30 bits per heavy atom. The van der Waals surface area contributed by atoms with E-state index in [4.69, 9.17) is 0 Å². The zero-order valence-corrected chi connectivity index (χ0v) is 24.9. The van der Waals surface area contributed by atoms with Crippen LogP contribution in [0.1, 0.15) is 56.5 Å². The van der Waals surface area contributed by atoms with Gasteiger partial charge in [-0.2, -0.15) is 18.2 Å². The van der Waals surface area contributed by atoms with Crippen LogP contribution in [0.2, 0.25) is 0 Å². The fourth-order valence-electron chi connectivity index (χ4n) is 5.22. The van der Waals surface area contributed by atoms with Crippen LogP contribution in [0.5, 0.6) is 0 Å². The number of anilines is 3. The van der Waals surface area contributed by atoms with Gasteiger partial charge in [-0.3, -0.25) is 19.3 Å². The minimum atomic E-state index is -4.69. The molecule has 44 heavy (non-hydrogen) atoms. The minimum absolute atomic E-state index is 0. The average molecular weight is 621 g/mol. The summed E-state index contributed by atoms with van der Waals surface area (Å²) < 4.78 is 41.4. The maximum Gasteiger partial charge on any atom is 0.421 e. The van der Waals surface area contributed by atoms with E-state index in [1.165, 1.54) is 0 Å². The van der Waals surface area contributed by atoms with E-state index in [1.807, 2.05) is 18.7 Å². The lowest BCUT2D eigenvalue weighted by Gasteiger charge is -2.34. The number of likely N-dealkylation sites (N-methyl/N-ethyl adjacent to an activating group) is 1. The van der Waals surface area contributed by atoms with Crippen LogP contribution in [-0.2, 0) is 15.8 Å². The van der Waals surface area contributed by atoms with Crippen molar-refractivity contribution in [2.24, 2.45) is 5.92 Å². The lowest BCUT2D eigenvalue weighted by Crippen LogP contribution is -2.51. The molecule has 1 aliphatic heterocycles. The fourth-order valence-corrected chi connectivity index (χ4v) is 5.22. The third-order valence-electron chi connectivity index (χ3n) is 7.61. The predicted octanol–water partition coefficient (Wildman–Crippen LogP) is 3.83. The number of hydrogen-bond donors (Lipinski definition) is 3. The number of benzene rings is 1. The molecule has 2 heterocycles. The molecule has 1 aliphatic carbocycles. The van der Waals surface area contributed by atoms with Crippen molar-refractivity contribution in [2.75, 3.05) is 57.5 Å². The summed E-state index contributed by atoms with van der Waals surface area (Å²) in [6.45, 7) is 6.16. The zero-order valence-electron chi connectivity index (χ0n) is 24.9. The number of hydrogen-bond acceptors (Lipinski definition) is 8. The van der Waals surface area contributed by atoms with Crippen LogP contribution in [0.4, 0.5) is 30.6 Å². The lowest BCUT2D eigenvalue weighted by atomic mass is 10.0. The molecule has 2 fully saturated rings. The minimum Gasteiger partial charge on any atom is -0.366 e. The molecule has 1 aromatic carbocycles. The molecule has 0 radical (unpaired) electrons. The Morgan fingerprint density at radius 2 is 1.70 bits per heavy atom. The summed E-state index contributed by atoms with van der Waals surface area (Å²) in [6.07, 6.45) is -2.14. The zero-order chi connectivity index (χ0) is 31.3. The molecule has 1 saturated carbocycles. The summed E-state index contributed by atoms with van der Waals surface area (Å²) in [5, 5.41) is 8.64. The van der Waals surface area contributed by atoms with E-state index in [0.29, 0.717) is 63.2 Å². The first-order valence-electron chi connectivity index (χ1n) is 14.4. The third kappa shape index (κ3) is 8.80. The number of carbonyl (C=O) groups is 3. The number of carbonyl (C=O) groups excluding carboxylic acids is 3. The van der Waals surface area contributed by atoms with Gasteiger partial charge in [-0.25, -0.2) is 4.98 Å². The van der Waals surface area contributed by atoms with E-state index in [-0.39, 0.29) is 37.1 Å². The first-order chi connectivity index (χ1) is 20.3. The van der Waals surface area contributed by atoms with Crippen LogP contribution in [0, 0.1) is 5.92 Å². The highest BCUT2D eigenvalue weighted by molar-refractivity contribution is 5.94. The maximum atomic E-state index is 13.8. The summed E-state index contributed by atoms with van der Waals surface area (Å²) >= 11 is 0. The molecule has 1 aromatic heterocycles. The molecule has 4 rings (SSSR count). The summed E-state index contributed by atoms with van der Waals surface area (Å²) in [7, 11) is 3.42. The van der Waals surface area contributed by atoms with Crippen molar-refractivity contribution < 1.29 is 27.6 Å². The second kappa shape index (κ2) is 14.7. The van der Waals surface area contributed by atoms with Crippen LogP contribution in [-0.4, -0.2) is 101 Å². The van der Waals surface area contributed by atoms with Gasteiger partial charge in [0.05, 0.1) is 12.5 Å². The smallest absolute Gasteiger partial charge is 0.366 e. The third-order valence-corrected chi connectivity index (χ3v) is 7.61. The highest BCUT2D eigenvalue weighted by Gasteiger charge is 2.39. The van der Waals surface area contributed by atoms with Gasteiger partial charge in [0.15, 0.2) is 0 Å². The molecule has 11 nitrogen and oxygen atoms in total. The number of rotatable bonds is 9. The molecule has 3 N–H and O–H groups in total. The van der Waals surface area contributed by atoms with Gasteiger partial charge in [-0.1, -0.05) is 13.8 Å². The van der Waals surface area contributed by atoms with Crippen LogP contribution < -0.4 is 16.0 Å². The summed E-state index contributed by atoms with van der Waals surface area (Å²) in [4.78, 5) is 50.9. The van der Waals surface area contributed by atoms with Crippen molar-refractivity contribution in [1.82, 2.24) is 30.0 Å². The van der Waals surface area contributed by atoms with Crippen molar-refractivity contribution in [3.8, 4) is 0 Å². The van der Waals surface area contributed by atoms with Crippen molar-refractivity contribution in [1.29, 1.82) is 0 Å². The number of nitrogens with zero attached hydrogens (tertiary/aromatic N) is 5. The second-order valence-electron chi connectivity index (χ2n) is 11.5. The molecule has 3 amide bonds. The maximum absolute atomic E-state index is 13.8. The molecule has 242 valence electrons. The SMILES string of the molecule is C.CC(C)NC(=O)[C@H]1CCC[C@H]1Nc1nc(Nc2ccc(C(=O)N3CCN(CC(=O)N(C)C)CC3)cc2)ncc1C(F)(F)F. The van der Waals surface area contributed by atoms with Gasteiger partial charge in [0.1, 0.15) is 11.4 Å². The highest BCUT2D eigenvalue weighted by Crippen LogP contribution is 2.36. The van der Waals surface area contributed by atoms with Crippen LogP contribution in [0.25, 0.3) is 0 Å². The van der Waals surface area contributed by atoms with Crippen LogP contribution in [0.15, 0.2) is 30.5 Å². The standard InChI is InChI=1S/C29H39F3N8O3.CH4/c1-18(2)34-26(42)21-6-5-7-23(21)36-25-22(29(30,31)32)16-33-28(37-25)35-20-10-8-19(9-11-20)27(43)40-14-12-39(13-15-40)17-24(41)38(3)4;/h8-11,16,18,21,23H,5-7,12-15,17H2,1-4H3,(H,34,42)(H2,33,35,36,37);1H4/t21-,23+;/m0./s1. The van der Waals surface area contributed by atoms with E-state index < -0.39 is 29.5 Å². The first-order valence-corrected chi connectivity index (χ1v) is 14.4. The Morgan fingerprint density at radius 1 is 1.05 bits per heavy atom. The van der Waals surface area contributed by atoms with Gasteiger partial charge in [-0.05, 0) is 51.0 Å². The highest BCUT2D eigenvalue weighted by atomic mass is 19.4. The van der Waals surface area contributed by atoms with Gasteiger partial charge < -0.3 is 25.8 Å². The van der Waals surface area contributed by atoms with E-state index in [1.54, 1.807) is 48.2 Å². The Kier molecular flexibility index (Phi) is 11.5. The molecule has 14 heteroatoms. The van der Waals surface area contributed by atoms with E-state index in [2.05, 4.69) is 25.9 Å². The van der Waals surface area contributed by atoms with Crippen molar-refractivity contribution in [3.05, 3.63) is 41.6 Å². The summed E-state index contributed by atoms with van der Waals surface area (Å²) in [5.74, 6) is -1.24. The molecule has 2 aromatic rings. The van der Waals surface area contributed by atoms with Gasteiger partial charge in [0.25, 0.3) is 5.91 Å². The first kappa shape index (κ1) is 34.5. The number of aromatic nitrogens is 2. The molecule has 1 saturated heterocycles. The van der Waals surface area contributed by atoms with E-state index in [9.17, 15) is 27.6 Å². The number of alkyl halides is 3. The Labute approximate surface area is 256 Å². The number of nitrogens with one attached hydrogen (secondary N) is 3. The van der Waals surface area contributed by atoms with Gasteiger partial charge in [0.2, 0.25) is 17.8 Å². The number of amides is 3. The lowest BCUT2D eigenvalue weighted by molar-refractivity contribution is -0.137. The number of piperazine rings is 1. The quantitative estimate of drug-likeness (QED) is 0.387. The fraction of sp³-hybridized carbons (Fsp3) is 0.567. The monoisotopic (exact) mass is 620 g/mol. The molecule has 2 atom stereocenters. The Hall–Kier alpha value is -3.94. The van der Waals surface area contributed by atoms with Crippen LogP contribution in [0.3, 0.4) is 0 Å². The molecular weight excluding hydrogens is 577 g/mol. The van der Waals surface area contributed by atoms with Crippen molar-refractivity contribution >= 4 is 35.2 Å². The molecule has 0 bridgehead atoms. The molecule has 2 aliphatic rings. The van der Waals surface area contributed by atoms with Crippen LogP contribution >= 0.6 is 0 Å². The summed E-state index contributed by atoms with van der Waals surface area (Å²) in [5.41, 5.74) is -0.0598. The predicted molar refractivity (Wildman–Crippen MR) is 163 cm³/mol. The Bertz CT molecular complexity index is 1300. The average Bonchev–Trinajstić information content (AvgIpc) is 3.41. The Balaban J connectivity index is 0.00000529. The largest absolute Gasteiger partial charge is 0.421 e. The molecule has 0 spiro atoms. The summed E-state index contributed by atoms with van der Waals surface area (Å²) in [6, 6.07) is 5.96. The topological polar surface area (TPSA) is 123 Å². The number of halogens is 3. The second-order valence-corrected chi connectivity index (χ2v) is 11.5. The van der Waals surface area contributed by atoms with Crippen molar-refractivity contribution in [3.63, 3.8) is 0 Å².